The fourth-order valence-corrected chi connectivity index (χ4v) is 2.27. The maximum atomic E-state index is 12.9. The van der Waals surface area contributed by atoms with Crippen LogP contribution in [0.2, 0.25) is 0 Å². The van der Waals surface area contributed by atoms with E-state index in [0.717, 1.165) is 11.6 Å². The Morgan fingerprint density at radius 3 is 2.37 bits per heavy atom. The molecule has 0 saturated carbocycles. The van der Waals surface area contributed by atoms with Gasteiger partial charge in [0.15, 0.2) is 0 Å². The van der Waals surface area contributed by atoms with E-state index in [-0.39, 0.29) is 18.1 Å². The average Bonchev–Trinajstić information content (AvgIpc) is 2.66. The molecule has 3 rings (SSSR count). The highest BCUT2D eigenvalue weighted by atomic mass is 19.4. The van der Waals surface area contributed by atoms with Crippen LogP contribution in [-0.2, 0) is 12.8 Å². The van der Waals surface area contributed by atoms with Gasteiger partial charge in [0.1, 0.15) is 23.8 Å². The Hall–Kier alpha value is -3.53. The van der Waals surface area contributed by atoms with Gasteiger partial charge in [-0.3, -0.25) is 0 Å². The molecule has 0 radical (unpaired) electrons. The molecule has 0 spiro atoms. The molecule has 7 heteroatoms. The molecule has 0 bridgehead atoms. The number of benzene rings is 2. The molecule has 1 aromatic heterocycles. The second-order valence-electron chi connectivity index (χ2n) is 5.54. The van der Waals surface area contributed by atoms with E-state index in [2.05, 4.69) is 4.98 Å². The second-order valence-corrected chi connectivity index (χ2v) is 5.54. The quantitative estimate of drug-likeness (QED) is 0.608. The highest BCUT2D eigenvalue weighted by Gasteiger charge is 2.33. The first-order valence-corrected chi connectivity index (χ1v) is 7.88. The molecule has 0 amide bonds. The first-order chi connectivity index (χ1) is 12.9. The van der Waals surface area contributed by atoms with Crippen molar-refractivity contribution in [1.29, 1.82) is 5.26 Å². The van der Waals surface area contributed by atoms with Gasteiger partial charge in [0.2, 0.25) is 5.88 Å². The van der Waals surface area contributed by atoms with E-state index in [4.69, 9.17) is 14.7 Å². The van der Waals surface area contributed by atoms with Gasteiger partial charge in [0, 0.05) is 6.07 Å². The van der Waals surface area contributed by atoms with Crippen molar-refractivity contribution in [3.8, 4) is 23.4 Å². The third kappa shape index (κ3) is 4.98. The zero-order chi connectivity index (χ0) is 19.3. The molecule has 0 N–H and O–H groups in total. The summed E-state index contributed by atoms with van der Waals surface area (Å²) in [6.07, 6.45) is -4.67. The van der Waals surface area contributed by atoms with E-state index in [1.165, 1.54) is 0 Å². The Kier molecular flexibility index (Phi) is 5.27. The summed E-state index contributed by atoms with van der Waals surface area (Å²) in [6, 6.07) is 19.4. The lowest BCUT2D eigenvalue weighted by molar-refractivity contribution is -0.141. The Morgan fingerprint density at radius 1 is 0.926 bits per heavy atom. The average molecular weight is 370 g/mol. The van der Waals surface area contributed by atoms with Gasteiger partial charge >= 0.3 is 6.18 Å². The van der Waals surface area contributed by atoms with Crippen LogP contribution in [0, 0.1) is 11.3 Å². The molecule has 2 aromatic carbocycles. The summed E-state index contributed by atoms with van der Waals surface area (Å²) >= 11 is 0. The fraction of sp³-hybridized carbons (Fsp3) is 0.100. The molecular weight excluding hydrogens is 357 g/mol. The van der Waals surface area contributed by atoms with Crippen molar-refractivity contribution in [2.45, 2.75) is 12.8 Å². The van der Waals surface area contributed by atoms with Gasteiger partial charge in [0.05, 0.1) is 11.6 Å². The lowest BCUT2D eigenvalue weighted by Crippen LogP contribution is -2.09. The van der Waals surface area contributed by atoms with Crippen molar-refractivity contribution in [3.05, 3.63) is 83.6 Å². The third-order valence-electron chi connectivity index (χ3n) is 3.49. The van der Waals surface area contributed by atoms with Gasteiger partial charge in [-0.2, -0.15) is 18.4 Å². The number of rotatable bonds is 5. The van der Waals surface area contributed by atoms with Crippen LogP contribution in [-0.4, -0.2) is 4.98 Å². The standard InChI is InChI=1S/C20H13F3N2O2/c21-20(22,23)18-10-15(12-24)11-19(25-18)27-17-8-4-5-14(9-17)13-26-16-6-2-1-3-7-16/h1-11H,13H2. The van der Waals surface area contributed by atoms with Gasteiger partial charge in [-0.25, -0.2) is 4.98 Å². The van der Waals surface area contributed by atoms with E-state index in [1.54, 1.807) is 30.3 Å². The van der Waals surface area contributed by atoms with Gasteiger partial charge < -0.3 is 9.47 Å². The van der Waals surface area contributed by atoms with Crippen LogP contribution < -0.4 is 9.47 Å². The molecule has 136 valence electrons. The Balaban J connectivity index is 1.77. The normalized spacial score (nSPS) is 10.9. The molecule has 1 heterocycles. The summed E-state index contributed by atoms with van der Waals surface area (Å²) in [5.74, 6) is 0.685. The molecule has 0 saturated heterocycles. The van der Waals surface area contributed by atoms with Crippen molar-refractivity contribution in [2.75, 3.05) is 0 Å². The van der Waals surface area contributed by atoms with Crippen LogP contribution in [0.25, 0.3) is 0 Å². The molecule has 0 unspecified atom stereocenters. The van der Waals surface area contributed by atoms with E-state index < -0.39 is 11.9 Å². The molecule has 3 aromatic rings. The zero-order valence-corrected chi connectivity index (χ0v) is 13.9. The van der Waals surface area contributed by atoms with Crippen LogP contribution in [0.4, 0.5) is 13.2 Å². The predicted octanol–water partition coefficient (Wildman–Crippen LogP) is 5.34. The highest BCUT2D eigenvalue weighted by Crippen LogP contribution is 2.31. The molecule has 4 nitrogen and oxygen atoms in total. The van der Waals surface area contributed by atoms with Gasteiger partial charge in [0.25, 0.3) is 0 Å². The molecule has 27 heavy (non-hydrogen) atoms. The number of para-hydroxylation sites is 1. The minimum atomic E-state index is -4.67. The van der Waals surface area contributed by atoms with E-state index in [9.17, 15) is 13.2 Å². The molecule has 0 aliphatic heterocycles. The number of halogens is 3. The van der Waals surface area contributed by atoms with E-state index in [0.29, 0.717) is 17.6 Å². The first kappa shape index (κ1) is 18.3. The monoisotopic (exact) mass is 370 g/mol. The maximum Gasteiger partial charge on any atom is 0.433 e. The lowest BCUT2D eigenvalue weighted by Gasteiger charge is -2.11. The zero-order valence-electron chi connectivity index (χ0n) is 13.9. The topological polar surface area (TPSA) is 55.1 Å². The van der Waals surface area contributed by atoms with Crippen molar-refractivity contribution in [1.82, 2.24) is 4.98 Å². The van der Waals surface area contributed by atoms with Crippen molar-refractivity contribution in [3.63, 3.8) is 0 Å². The van der Waals surface area contributed by atoms with Crippen LogP contribution >= 0.6 is 0 Å². The van der Waals surface area contributed by atoms with Gasteiger partial charge in [-0.1, -0.05) is 30.3 Å². The molecule has 0 atom stereocenters. The van der Waals surface area contributed by atoms with Crippen LogP contribution in [0.3, 0.4) is 0 Å². The van der Waals surface area contributed by atoms with Crippen molar-refractivity contribution >= 4 is 0 Å². The third-order valence-corrected chi connectivity index (χ3v) is 3.49. The SMILES string of the molecule is N#Cc1cc(Oc2cccc(COc3ccccc3)c2)nc(C(F)(F)F)c1. The summed E-state index contributed by atoms with van der Waals surface area (Å²) in [4.78, 5) is 3.44. The van der Waals surface area contributed by atoms with Gasteiger partial charge in [-0.05, 0) is 35.9 Å². The Bertz CT molecular complexity index is 967. The lowest BCUT2D eigenvalue weighted by atomic mass is 10.2. The van der Waals surface area contributed by atoms with E-state index >= 15 is 0 Å². The predicted molar refractivity (Wildman–Crippen MR) is 91.2 cm³/mol. The van der Waals surface area contributed by atoms with Crippen LogP contribution in [0.1, 0.15) is 16.8 Å². The molecular formula is C20H13F3N2O2. The number of hydrogen-bond donors (Lipinski definition) is 0. The van der Waals surface area contributed by atoms with Crippen molar-refractivity contribution in [2.24, 2.45) is 0 Å². The second kappa shape index (κ2) is 7.79. The minimum absolute atomic E-state index is 0.184. The minimum Gasteiger partial charge on any atom is -0.489 e. The summed E-state index contributed by atoms with van der Waals surface area (Å²) in [6.45, 7) is 0.265. The largest absolute Gasteiger partial charge is 0.489 e. The van der Waals surface area contributed by atoms with E-state index in [1.807, 2.05) is 30.3 Å². The Labute approximate surface area is 153 Å². The number of alkyl halides is 3. The maximum absolute atomic E-state index is 12.9. The highest BCUT2D eigenvalue weighted by molar-refractivity contribution is 5.38. The van der Waals surface area contributed by atoms with Crippen LogP contribution in [0.15, 0.2) is 66.7 Å². The summed E-state index contributed by atoms with van der Waals surface area (Å²) < 4.78 is 49.8. The molecule has 0 aliphatic rings. The molecule has 0 aliphatic carbocycles. The summed E-state index contributed by atoms with van der Waals surface area (Å²) in [5.41, 5.74) is -0.597. The van der Waals surface area contributed by atoms with Crippen molar-refractivity contribution < 1.29 is 22.6 Å². The Morgan fingerprint density at radius 2 is 1.67 bits per heavy atom. The van der Waals surface area contributed by atoms with Gasteiger partial charge in [-0.15, -0.1) is 0 Å². The summed E-state index contributed by atoms with van der Waals surface area (Å²) in [5, 5.41) is 8.92. The number of pyridine rings is 1. The number of aromatic nitrogens is 1. The smallest absolute Gasteiger partial charge is 0.433 e. The number of nitrogens with zero attached hydrogens (tertiary/aromatic N) is 2. The summed E-state index contributed by atoms with van der Waals surface area (Å²) in [7, 11) is 0. The number of hydrogen-bond acceptors (Lipinski definition) is 4. The fourth-order valence-electron chi connectivity index (χ4n) is 2.27. The number of nitriles is 1. The molecule has 0 fully saturated rings. The first-order valence-electron chi connectivity index (χ1n) is 7.88. The number of ether oxygens (including phenoxy) is 2. The van der Waals surface area contributed by atoms with Crippen LogP contribution in [0.5, 0.6) is 17.4 Å².